The number of hydrogen-bond acceptors (Lipinski definition) is 6. The summed E-state index contributed by atoms with van der Waals surface area (Å²) < 4.78 is 37.1. The summed E-state index contributed by atoms with van der Waals surface area (Å²) in [4.78, 5) is 24.8. The van der Waals surface area contributed by atoms with Crippen molar-refractivity contribution in [3.05, 3.63) is 59.0 Å². The van der Waals surface area contributed by atoms with Gasteiger partial charge in [-0.3, -0.25) is 14.3 Å². The van der Waals surface area contributed by atoms with Gasteiger partial charge in [-0.15, -0.1) is 11.6 Å². The second-order valence-corrected chi connectivity index (χ2v) is 8.58. The normalized spacial score (nSPS) is 11.3. The van der Waals surface area contributed by atoms with E-state index in [4.69, 9.17) is 20.8 Å². The maximum Gasteiger partial charge on any atom is 0.229 e. The molecule has 158 valence electrons. The van der Waals surface area contributed by atoms with Gasteiger partial charge in [0.15, 0.2) is 5.75 Å². The van der Waals surface area contributed by atoms with Crippen LogP contribution in [0, 0.1) is 0 Å². The Labute approximate surface area is 177 Å². The zero-order valence-electron chi connectivity index (χ0n) is 16.0. The Morgan fingerprint density at radius 2 is 1.90 bits per heavy atom. The topological polar surface area (TPSA) is 115 Å². The summed E-state index contributed by atoms with van der Waals surface area (Å²) in [5.74, 6) is 0.523. The molecule has 1 heterocycles. The van der Waals surface area contributed by atoms with Crippen LogP contribution in [0.15, 0.2) is 57.9 Å². The molecule has 2 N–H and O–H groups in total. The Bertz CT molecular complexity index is 1230. The Balaban J connectivity index is 2.06. The van der Waals surface area contributed by atoms with Gasteiger partial charge < -0.3 is 14.5 Å². The van der Waals surface area contributed by atoms with Gasteiger partial charge in [0, 0.05) is 18.4 Å². The minimum absolute atomic E-state index is 0.0310. The van der Waals surface area contributed by atoms with Crippen LogP contribution < -0.4 is 20.2 Å². The first-order chi connectivity index (χ1) is 14.3. The minimum Gasteiger partial charge on any atom is -0.462 e. The molecule has 0 aliphatic rings. The van der Waals surface area contributed by atoms with Gasteiger partial charge in [0.05, 0.1) is 17.3 Å². The molecule has 2 aromatic carbocycles. The van der Waals surface area contributed by atoms with Crippen LogP contribution in [0.5, 0.6) is 11.5 Å². The van der Waals surface area contributed by atoms with Crippen LogP contribution in [0.2, 0.25) is 0 Å². The van der Waals surface area contributed by atoms with Gasteiger partial charge in [0.25, 0.3) is 0 Å². The smallest absolute Gasteiger partial charge is 0.229 e. The van der Waals surface area contributed by atoms with Gasteiger partial charge in [-0.25, -0.2) is 8.42 Å². The Morgan fingerprint density at radius 3 is 2.57 bits per heavy atom. The molecular weight excluding hydrogens is 432 g/mol. The van der Waals surface area contributed by atoms with Crippen molar-refractivity contribution in [3.63, 3.8) is 0 Å². The molecule has 0 aliphatic carbocycles. The third-order valence-corrected chi connectivity index (χ3v) is 4.81. The van der Waals surface area contributed by atoms with Crippen molar-refractivity contribution in [3.8, 4) is 11.5 Å². The zero-order valence-corrected chi connectivity index (χ0v) is 17.5. The minimum atomic E-state index is -3.62. The number of rotatable bonds is 8. The SMILES string of the molecule is CS(=O)(=O)Nc1cc2occ(NC(=O)CCCCl)c(=O)c2cc1Oc1ccccc1. The van der Waals surface area contributed by atoms with Crippen molar-refractivity contribution in [2.75, 3.05) is 22.2 Å². The average molecular weight is 451 g/mol. The molecule has 10 heteroatoms. The van der Waals surface area contributed by atoms with Crippen LogP contribution in [-0.2, 0) is 14.8 Å². The second kappa shape index (κ2) is 9.19. The zero-order chi connectivity index (χ0) is 21.7. The van der Waals surface area contributed by atoms with Crippen molar-refractivity contribution in [1.29, 1.82) is 0 Å². The molecule has 30 heavy (non-hydrogen) atoms. The van der Waals surface area contributed by atoms with Crippen LogP contribution in [0.25, 0.3) is 11.0 Å². The number of benzene rings is 2. The van der Waals surface area contributed by atoms with Crippen molar-refractivity contribution >= 4 is 49.9 Å². The van der Waals surface area contributed by atoms with E-state index < -0.39 is 15.5 Å². The molecule has 0 fully saturated rings. The van der Waals surface area contributed by atoms with E-state index in [-0.39, 0.29) is 40.4 Å². The number of carbonyl (C=O) groups excluding carboxylic acids is 1. The number of sulfonamides is 1. The van der Waals surface area contributed by atoms with Gasteiger partial charge in [-0.1, -0.05) is 18.2 Å². The number of para-hydroxylation sites is 1. The maximum absolute atomic E-state index is 12.8. The molecule has 3 aromatic rings. The quantitative estimate of drug-likeness (QED) is 0.503. The summed E-state index contributed by atoms with van der Waals surface area (Å²) in [6.45, 7) is 0. The third kappa shape index (κ3) is 5.52. The van der Waals surface area contributed by atoms with Crippen molar-refractivity contribution in [1.82, 2.24) is 0 Å². The lowest BCUT2D eigenvalue weighted by atomic mass is 10.2. The van der Waals surface area contributed by atoms with Crippen molar-refractivity contribution in [2.45, 2.75) is 12.8 Å². The highest BCUT2D eigenvalue weighted by atomic mass is 35.5. The molecule has 0 spiro atoms. The summed E-state index contributed by atoms with van der Waals surface area (Å²) in [5, 5.41) is 2.62. The number of halogens is 1. The summed E-state index contributed by atoms with van der Waals surface area (Å²) in [6, 6.07) is 11.4. The molecule has 0 aliphatic heterocycles. The van der Waals surface area contributed by atoms with E-state index in [9.17, 15) is 18.0 Å². The highest BCUT2D eigenvalue weighted by Gasteiger charge is 2.17. The number of anilines is 2. The van der Waals surface area contributed by atoms with E-state index in [2.05, 4.69) is 10.0 Å². The summed E-state index contributed by atoms with van der Waals surface area (Å²) in [6.07, 6.45) is 2.76. The predicted molar refractivity (Wildman–Crippen MR) is 116 cm³/mol. The molecule has 0 saturated heterocycles. The standard InChI is InChI=1S/C20H19ClN2O6S/c1-30(26,27)23-15-11-17-14(10-18(15)29-13-6-3-2-4-7-13)20(25)16(12-28-17)22-19(24)8-5-9-21/h2-4,6-7,10-12,23H,5,8-9H2,1H3,(H,22,24). The largest absolute Gasteiger partial charge is 0.462 e. The lowest BCUT2D eigenvalue weighted by molar-refractivity contribution is -0.116. The van der Waals surface area contributed by atoms with Crippen molar-refractivity contribution < 1.29 is 22.4 Å². The first kappa shape index (κ1) is 21.7. The molecule has 3 rings (SSSR count). The molecule has 1 aromatic heterocycles. The Kier molecular flexibility index (Phi) is 6.63. The molecule has 0 bridgehead atoms. The van der Waals surface area contributed by atoms with E-state index >= 15 is 0 Å². The molecule has 0 atom stereocenters. The van der Waals surface area contributed by atoms with Crippen LogP contribution in [0.4, 0.5) is 11.4 Å². The number of amides is 1. The van der Waals surface area contributed by atoms with Gasteiger partial charge >= 0.3 is 0 Å². The van der Waals surface area contributed by atoms with Crippen LogP contribution >= 0.6 is 11.6 Å². The fourth-order valence-electron chi connectivity index (χ4n) is 2.66. The lowest BCUT2D eigenvalue weighted by Gasteiger charge is -2.13. The molecular formula is C20H19ClN2O6S. The second-order valence-electron chi connectivity index (χ2n) is 6.45. The van der Waals surface area contributed by atoms with E-state index in [1.54, 1.807) is 30.3 Å². The molecule has 8 nitrogen and oxygen atoms in total. The summed E-state index contributed by atoms with van der Waals surface area (Å²) in [5.41, 5.74) is -0.280. The number of ether oxygens (including phenoxy) is 1. The highest BCUT2D eigenvalue weighted by molar-refractivity contribution is 7.92. The lowest BCUT2D eigenvalue weighted by Crippen LogP contribution is -2.18. The average Bonchev–Trinajstić information content (AvgIpc) is 2.69. The molecule has 0 unspecified atom stereocenters. The van der Waals surface area contributed by atoms with Crippen molar-refractivity contribution in [2.24, 2.45) is 0 Å². The number of carbonyl (C=O) groups is 1. The Hall–Kier alpha value is -3.04. The summed E-state index contributed by atoms with van der Waals surface area (Å²) >= 11 is 5.58. The molecule has 0 saturated carbocycles. The third-order valence-electron chi connectivity index (χ3n) is 3.95. The van der Waals surface area contributed by atoms with Gasteiger partial charge in [-0.05, 0) is 24.6 Å². The van der Waals surface area contributed by atoms with Gasteiger partial charge in [0.1, 0.15) is 23.3 Å². The number of fused-ring (bicyclic) bond motifs is 1. The van der Waals surface area contributed by atoms with E-state index in [0.717, 1.165) is 12.5 Å². The highest BCUT2D eigenvalue weighted by Crippen LogP contribution is 2.34. The monoisotopic (exact) mass is 450 g/mol. The first-order valence-electron chi connectivity index (χ1n) is 8.93. The van der Waals surface area contributed by atoms with Crippen LogP contribution in [0.3, 0.4) is 0 Å². The Morgan fingerprint density at radius 1 is 1.17 bits per heavy atom. The van der Waals surface area contributed by atoms with Crippen LogP contribution in [0.1, 0.15) is 12.8 Å². The maximum atomic E-state index is 12.8. The van der Waals surface area contributed by atoms with Crippen LogP contribution in [-0.4, -0.2) is 26.5 Å². The fourth-order valence-corrected chi connectivity index (χ4v) is 3.35. The first-order valence-corrected chi connectivity index (χ1v) is 11.4. The fraction of sp³-hybridized carbons (Fsp3) is 0.200. The van der Waals surface area contributed by atoms with E-state index in [0.29, 0.717) is 18.1 Å². The molecule has 1 amide bonds. The summed E-state index contributed by atoms with van der Waals surface area (Å²) in [7, 11) is -3.62. The molecule has 0 radical (unpaired) electrons. The predicted octanol–water partition coefficient (Wildman–Crippen LogP) is 3.91. The van der Waals surface area contributed by atoms with E-state index in [1.165, 1.54) is 12.1 Å². The number of hydrogen-bond donors (Lipinski definition) is 2. The van der Waals surface area contributed by atoms with Gasteiger partial charge in [0.2, 0.25) is 21.4 Å². The van der Waals surface area contributed by atoms with E-state index in [1.807, 2.05) is 0 Å². The van der Waals surface area contributed by atoms with Gasteiger partial charge in [-0.2, -0.15) is 0 Å². The number of alkyl halides is 1. The number of nitrogens with one attached hydrogen (secondary N) is 2.